The van der Waals surface area contributed by atoms with Gasteiger partial charge in [0.1, 0.15) is 5.84 Å². The zero-order chi connectivity index (χ0) is 18.5. The molecule has 0 amide bonds. The highest BCUT2D eigenvalue weighted by molar-refractivity contribution is 6.81. The second-order valence-electron chi connectivity index (χ2n) is 8.41. The molecule has 0 atom stereocenters. The fourth-order valence-electron chi connectivity index (χ4n) is 2.47. The third-order valence-electron chi connectivity index (χ3n) is 3.41. The van der Waals surface area contributed by atoms with Crippen molar-refractivity contribution < 1.29 is 0 Å². The molecule has 0 bridgehead atoms. The normalized spacial score (nSPS) is 13.7. The summed E-state index contributed by atoms with van der Waals surface area (Å²) in [4.78, 5) is 0. The minimum Gasteiger partial charge on any atom is -0.341 e. The van der Waals surface area contributed by atoms with E-state index in [9.17, 15) is 0 Å². The largest absolute Gasteiger partial charge is 0.341 e. The molecule has 0 fully saturated rings. The molecule has 0 spiro atoms. The minimum atomic E-state index is -1.62. The van der Waals surface area contributed by atoms with Crippen LogP contribution in [0.3, 0.4) is 0 Å². The summed E-state index contributed by atoms with van der Waals surface area (Å²) in [6, 6.07) is 21.0. The number of hydrogen-bond donors (Lipinski definition) is 1. The monoisotopic (exact) mass is 366 g/mol. The van der Waals surface area contributed by atoms with Gasteiger partial charge in [0.15, 0.2) is 8.24 Å². The molecule has 1 N–H and O–H groups in total. The lowest BCUT2D eigenvalue weighted by atomic mass is 10.1. The molecule has 0 aromatic heterocycles. The van der Waals surface area contributed by atoms with Crippen LogP contribution < -0.4 is 5.32 Å². The van der Waals surface area contributed by atoms with Crippen LogP contribution in [0.1, 0.15) is 11.1 Å². The highest BCUT2D eigenvalue weighted by atomic mass is 28.3. The van der Waals surface area contributed by atoms with Crippen molar-refractivity contribution in [3.05, 3.63) is 77.5 Å². The van der Waals surface area contributed by atoms with Gasteiger partial charge in [0.05, 0.1) is 8.07 Å². The number of amidine groups is 1. The van der Waals surface area contributed by atoms with E-state index in [-0.39, 0.29) is 0 Å². The lowest BCUT2D eigenvalue weighted by Crippen LogP contribution is -2.31. The number of benzene rings is 2. The number of nitrogens with one attached hydrogen (secondary N) is 1. The molecule has 0 aliphatic rings. The summed E-state index contributed by atoms with van der Waals surface area (Å²) >= 11 is 0. The summed E-state index contributed by atoms with van der Waals surface area (Å²) in [7, 11) is -3.02. The van der Waals surface area contributed by atoms with Crippen molar-refractivity contribution in [1.82, 2.24) is 5.32 Å². The van der Waals surface area contributed by atoms with E-state index in [2.05, 4.69) is 105 Å². The van der Waals surface area contributed by atoms with Crippen molar-refractivity contribution in [2.45, 2.75) is 39.3 Å². The first-order chi connectivity index (χ1) is 11.6. The third kappa shape index (κ3) is 6.84. The molecule has 2 aromatic carbocycles. The van der Waals surface area contributed by atoms with E-state index in [4.69, 9.17) is 4.66 Å². The molecule has 0 radical (unpaired) electrons. The van der Waals surface area contributed by atoms with Gasteiger partial charge in [-0.3, -0.25) is 0 Å². The van der Waals surface area contributed by atoms with Crippen molar-refractivity contribution in [3.63, 3.8) is 0 Å². The molecule has 2 aromatic rings. The Balaban J connectivity index is 2.50. The maximum absolute atomic E-state index is 5.09. The van der Waals surface area contributed by atoms with E-state index >= 15 is 0 Å². The molecule has 132 valence electrons. The van der Waals surface area contributed by atoms with E-state index in [0.29, 0.717) is 0 Å². The van der Waals surface area contributed by atoms with Crippen LogP contribution in [0.2, 0.25) is 39.3 Å². The molecular weight excluding hydrogens is 336 g/mol. The van der Waals surface area contributed by atoms with Crippen molar-refractivity contribution in [2.75, 3.05) is 0 Å². The highest BCUT2D eigenvalue weighted by Gasteiger charge is 2.18. The van der Waals surface area contributed by atoms with E-state index in [1.54, 1.807) is 0 Å². The topological polar surface area (TPSA) is 24.4 Å². The van der Waals surface area contributed by atoms with Crippen LogP contribution in [-0.4, -0.2) is 22.1 Å². The first-order valence-electron chi connectivity index (χ1n) is 8.85. The predicted octanol–water partition coefficient (Wildman–Crippen LogP) is 5.78. The molecule has 4 heteroatoms. The summed E-state index contributed by atoms with van der Waals surface area (Å²) in [5.41, 5.74) is 5.94. The van der Waals surface area contributed by atoms with Crippen molar-refractivity contribution in [3.8, 4) is 0 Å². The fraction of sp³-hybridized carbons (Fsp3) is 0.286. The Kier molecular flexibility index (Phi) is 6.19. The predicted molar refractivity (Wildman–Crippen MR) is 117 cm³/mol. The summed E-state index contributed by atoms with van der Waals surface area (Å²) < 4.78 is 5.09. The van der Waals surface area contributed by atoms with Gasteiger partial charge >= 0.3 is 0 Å². The van der Waals surface area contributed by atoms with Gasteiger partial charge in [0, 0.05) is 11.3 Å². The molecule has 2 nitrogen and oxygen atoms in total. The molecule has 0 aliphatic carbocycles. The summed E-state index contributed by atoms with van der Waals surface area (Å²) in [6.07, 6.45) is 0. The van der Waals surface area contributed by atoms with E-state index in [0.717, 1.165) is 11.4 Å². The highest BCUT2D eigenvalue weighted by Crippen LogP contribution is 2.18. The van der Waals surface area contributed by atoms with Crippen molar-refractivity contribution in [2.24, 2.45) is 4.66 Å². The van der Waals surface area contributed by atoms with Crippen LogP contribution in [-0.2, 0) is 0 Å². The van der Waals surface area contributed by atoms with Crippen LogP contribution in [0.4, 0.5) is 0 Å². The summed E-state index contributed by atoms with van der Waals surface area (Å²) in [5, 5.41) is 3.68. The molecular formula is C21H30N2Si2. The first-order valence-corrected chi connectivity index (χ1v) is 15.9. The van der Waals surface area contributed by atoms with Crippen LogP contribution in [0.25, 0.3) is 5.70 Å². The minimum absolute atomic E-state index is 0.980. The van der Waals surface area contributed by atoms with Gasteiger partial charge in [-0.2, -0.15) is 0 Å². The fourth-order valence-corrected chi connectivity index (χ4v) is 4.43. The molecule has 0 unspecified atom stereocenters. The smallest absolute Gasteiger partial charge is 0.175 e. The van der Waals surface area contributed by atoms with Gasteiger partial charge in [-0.25, -0.2) is 0 Å². The Morgan fingerprint density at radius 2 is 1.24 bits per heavy atom. The van der Waals surface area contributed by atoms with Crippen molar-refractivity contribution >= 4 is 27.8 Å². The van der Waals surface area contributed by atoms with Crippen LogP contribution in [0.15, 0.2) is 71.0 Å². The summed E-state index contributed by atoms with van der Waals surface area (Å²) in [6.45, 7) is 13.9. The Morgan fingerprint density at radius 1 is 0.760 bits per heavy atom. The van der Waals surface area contributed by atoms with Gasteiger partial charge in [0.25, 0.3) is 0 Å². The summed E-state index contributed by atoms with van der Waals surface area (Å²) in [5.74, 6) is 0.980. The number of hydrogen-bond acceptors (Lipinski definition) is 1. The van der Waals surface area contributed by atoms with Gasteiger partial charge in [-0.05, 0) is 25.2 Å². The second-order valence-corrected chi connectivity index (χ2v) is 18.0. The maximum atomic E-state index is 5.09. The zero-order valence-electron chi connectivity index (χ0n) is 16.3. The number of rotatable bonds is 5. The lowest BCUT2D eigenvalue weighted by molar-refractivity contribution is 1.27. The molecule has 0 heterocycles. The molecule has 0 saturated carbocycles. The second kappa shape index (κ2) is 7.98. The molecule has 0 aliphatic heterocycles. The Labute approximate surface area is 154 Å². The first kappa shape index (κ1) is 19.4. The van der Waals surface area contributed by atoms with E-state index < -0.39 is 16.3 Å². The van der Waals surface area contributed by atoms with Crippen molar-refractivity contribution in [1.29, 1.82) is 0 Å². The van der Waals surface area contributed by atoms with Gasteiger partial charge in [-0.15, -0.1) is 0 Å². The van der Waals surface area contributed by atoms with Crippen LogP contribution >= 0.6 is 0 Å². The van der Waals surface area contributed by atoms with Gasteiger partial charge in [0.2, 0.25) is 0 Å². The number of nitrogens with zero attached hydrogens (tertiary/aromatic N) is 1. The van der Waals surface area contributed by atoms with Gasteiger partial charge in [-0.1, -0.05) is 86.0 Å². The maximum Gasteiger partial charge on any atom is 0.175 e. The SMILES string of the molecule is C[Si](C)(C)/C=C(\NC(=N[Si](C)(C)C)c1ccccc1)c1ccccc1. The van der Waals surface area contributed by atoms with E-state index in [1.165, 1.54) is 11.3 Å². The van der Waals surface area contributed by atoms with Crippen LogP contribution in [0, 0.1) is 0 Å². The van der Waals surface area contributed by atoms with Gasteiger partial charge < -0.3 is 9.97 Å². The quantitative estimate of drug-likeness (QED) is 0.405. The van der Waals surface area contributed by atoms with Crippen LogP contribution in [0.5, 0.6) is 0 Å². The average Bonchev–Trinajstić information content (AvgIpc) is 2.53. The molecule has 2 rings (SSSR count). The average molecular weight is 367 g/mol. The van der Waals surface area contributed by atoms with E-state index in [1.807, 2.05) is 6.07 Å². The Hall–Kier alpha value is -1.92. The molecule has 0 saturated heterocycles. The Morgan fingerprint density at radius 3 is 1.68 bits per heavy atom. The Bertz CT molecular complexity index is 671. The molecule has 25 heavy (non-hydrogen) atoms. The zero-order valence-corrected chi connectivity index (χ0v) is 18.3. The standard InChI is InChI=1S/C21H30N2Si2/c1-24(2,3)17-20(18-13-9-7-10-14-18)22-21(23-25(4,5)6)19-15-11-8-12-16-19/h7-17H,1-6H3,(H,22,23)/b20-17-. The third-order valence-corrected chi connectivity index (χ3v) is 5.46. The lowest BCUT2D eigenvalue weighted by Gasteiger charge is -2.21.